The lowest BCUT2D eigenvalue weighted by atomic mass is 9.95. The summed E-state index contributed by atoms with van der Waals surface area (Å²) in [6.45, 7) is 7.90. The zero-order valence-corrected chi connectivity index (χ0v) is 20.2. The van der Waals surface area contributed by atoms with Crippen LogP contribution in [0.1, 0.15) is 20.8 Å². The molecule has 0 aliphatic carbocycles. The molecule has 3 aromatic carbocycles. The first-order valence-electron chi connectivity index (χ1n) is 11.4. The minimum Gasteiger partial charge on any atom is -0.482 e. The molecule has 6 nitrogen and oxygen atoms in total. The van der Waals surface area contributed by atoms with E-state index in [0.29, 0.717) is 34.7 Å². The molecular weight excluding hydrogens is 452 g/mol. The minimum absolute atomic E-state index is 0.00178. The van der Waals surface area contributed by atoms with Gasteiger partial charge in [-0.3, -0.25) is 9.59 Å². The third-order valence-electron chi connectivity index (χ3n) is 6.25. The van der Waals surface area contributed by atoms with Crippen LogP contribution in [-0.4, -0.2) is 38.1 Å². The largest absolute Gasteiger partial charge is 0.482 e. The highest BCUT2D eigenvalue weighted by Crippen LogP contribution is 2.44. The van der Waals surface area contributed by atoms with E-state index in [1.165, 1.54) is 0 Å². The van der Waals surface area contributed by atoms with Gasteiger partial charge in [-0.05, 0) is 61.4 Å². The van der Waals surface area contributed by atoms with Crippen LogP contribution in [0.15, 0.2) is 48.5 Å². The number of hydrogen-bond acceptors (Lipinski definition) is 5. The van der Waals surface area contributed by atoms with Crippen molar-refractivity contribution in [2.24, 2.45) is 11.3 Å². The second kappa shape index (κ2) is 8.60. The molecule has 0 atom stereocenters. The lowest BCUT2D eigenvalue weighted by Crippen LogP contribution is -2.51. The number of ether oxygens (including phenoxy) is 2. The van der Waals surface area contributed by atoms with Gasteiger partial charge in [-0.25, -0.2) is 0 Å². The number of benzene rings is 3. The molecule has 176 valence electrons. The van der Waals surface area contributed by atoms with Crippen molar-refractivity contribution in [2.75, 3.05) is 31.1 Å². The van der Waals surface area contributed by atoms with Crippen molar-refractivity contribution in [1.29, 1.82) is 0 Å². The monoisotopic (exact) mass is 478 g/mol. The molecule has 0 bridgehead atoms. The van der Waals surface area contributed by atoms with Gasteiger partial charge in [0.25, 0.3) is 5.91 Å². The van der Waals surface area contributed by atoms with E-state index in [9.17, 15) is 9.59 Å². The Hall–Kier alpha value is -3.09. The number of halogens is 1. The second-order valence-electron chi connectivity index (χ2n) is 9.95. The van der Waals surface area contributed by atoms with E-state index >= 15 is 0 Å². The molecule has 0 radical (unpaired) electrons. The average Bonchev–Trinajstić information content (AvgIpc) is 2.76. The third kappa shape index (κ3) is 4.24. The highest BCUT2D eigenvalue weighted by molar-refractivity contribution is 6.34. The number of amides is 1. The molecule has 2 heterocycles. The number of carbonyl (C=O) groups excluding carboxylic acids is 2. The summed E-state index contributed by atoms with van der Waals surface area (Å²) in [5.74, 6) is 1.12. The number of carbonyl (C=O) groups is 2. The maximum absolute atomic E-state index is 12.6. The molecule has 0 spiro atoms. The maximum Gasteiger partial charge on any atom is 0.316 e. The molecular formula is C27H27ClN2O4. The van der Waals surface area contributed by atoms with Crippen molar-refractivity contribution in [3.05, 3.63) is 53.6 Å². The van der Waals surface area contributed by atoms with E-state index < -0.39 is 5.41 Å². The first-order valence-corrected chi connectivity index (χ1v) is 11.8. The Labute approximate surface area is 203 Å². The molecule has 2 aliphatic heterocycles. The Balaban J connectivity index is 1.59. The quantitative estimate of drug-likeness (QED) is 0.419. The Morgan fingerprint density at radius 3 is 2.62 bits per heavy atom. The lowest BCUT2D eigenvalue weighted by molar-refractivity contribution is -0.143. The standard InChI is InChI=1S/C27H27ClN2O4/c1-27(2,3)26(32)34-18-8-17-6-4-5-7-19(17)20(9-18)21-10-24-23(11-22(21)28)30(25(31)15-33-24)14-16-12-29-13-16/h4-11,16,29H,12-15H2,1-3H3. The van der Waals surface area contributed by atoms with Crippen molar-refractivity contribution < 1.29 is 19.1 Å². The van der Waals surface area contributed by atoms with Crippen molar-refractivity contribution in [1.82, 2.24) is 5.32 Å². The molecule has 1 saturated heterocycles. The molecule has 1 fully saturated rings. The predicted octanol–water partition coefficient (Wildman–Crippen LogP) is 5.06. The molecule has 0 aromatic heterocycles. The van der Waals surface area contributed by atoms with Gasteiger partial charge >= 0.3 is 5.97 Å². The molecule has 34 heavy (non-hydrogen) atoms. The first kappa shape index (κ1) is 22.7. The summed E-state index contributed by atoms with van der Waals surface area (Å²) >= 11 is 6.81. The molecule has 1 N–H and O–H groups in total. The number of fused-ring (bicyclic) bond motifs is 2. The van der Waals surface area contributed by atoms with Gasteiger partial charge in [0.15, 0.2) is 6.61 Å². The lowest BCUT2D eigenvalue weighted by Gasteiger charge is -2.36. The van der Waals surface area contributed by atoms with Crippen LogP contribution < -0.4 is 19.7 Å². The first-order chi connectivity index (χ1) is 16.2. The van der Waals surface area contributed by atoms with Crippen molar-refractivity contribution >= 4 is 39.9 Å². The molecule has 0 unspecified atom stereocenters. The van der Waals surface area contributed by atoms with Gasteiger partial charge in [0.1, 0.15) is 11.5 Å². The van der Waals surface area contributed by atoms with Crippen LogP contribution in [0.25, 0.3) is 21.9 Å². The van der Waals surface area contributed by atoms with Crippen LogP contribution in [0.3, 0.4) is 0 Å². The van der Waals surface area contributed by atoms with E-state index in [-0.39, 0.29) is 18.5 Å². The smallest absolute Gasteiger partial charge is 0.316 e. The summed E-state index contributed by atoms with van der Waals surface area (Å²) in [6.07, 6.45) is 0. The molecule has 2 aliphatic rings. The predicted molar refractivity (Wildman–Crippen MR) is 134 cm³/mol. The molecule has 7 heteroatoms. The van der Waals surface area contributed by atoms with Crippen LogP contribution in [0.2, 0.25) is 5.02 Å². The zero-order chi connectivity index (χ0) is 24.0. The highest BCUT2D eigenvalue weighted by Gasteiger charge is 2.31. The maximum atomic E-state index is 12.6. The second-order valence-corrected chi connectivity index (χ2v) is 10.4. The van der Waals surface area contributed by atoms with Crippen molar-refractivity contribution in [3.63, 3.8) is 0 Å². The van der Waals surface area contributed by atoms with E-state index in [4.69, 9.17) is 21.1 Å². The van der Waals surface area contributed by atoms with Gasteiger partial charge in [-0.15, -0.1) is 0 Å². The number of nitrogens with one attached hydrogen (secondary N) is 1. The summed E-state index contributed by atoms with van der Waals surface area (Å²) in [4.78, 5) is 26.9. The van der Waals surface area contributed by atoms with E-state index in [2.05, 4.69) is 5.32 Å². The fourth-order valence-electron chi connectivity index (χ4n) is 4.19. The van der Waals surface area contributed by atoms with Crippen LogP contribution in [0.5, 0.6) is 11.5 Å². The summed E-state index contributed by atoms with van der Waals surface area (Å²) in [7, 11) is 0. The number of nitrogens with zero attached hydrogens (tertiary/aromatic N) is 1. The summed E-state index contributed by atoms with van der Waals surface area (Å²) in [5, 5.41) is 5.65. The van der Waals surface area contributed by atoms with Crippen LogP contribution in [0, 0.1) is 11.3 Å². The van der Waals surface area contributed by atoms with Gasteiger partial charge < -0.3 is 19.7 Å². The number of esters is 1. The normalized spacial score (nSPS) is 16.1. The summed E-state index contributed by atoms with van der Waals surface area (Å²) in [5.41, 5.74) is 1.65. The fraction of sp³-hybridized carbons (Fsp3) is 0.333. The van der Waals surface area contributed by atoms with Crippen LogP contribution in [0.4, 0.5) is 5.69 Å². The SMILES string of the molecule is CC(C)(C)C(=O)Oc1cc(-c2cc3c(cc2Cl)N(CC2CNC2)C(=O)CO3)c2ccccc2c1. The van der Waals surface area contributed by atoms with Crippen molar-refractivity contribution in [2.45, 2.75) is 20.8 Å². The van der Waals surface area contributed by atoms with Crippen molar-refractivity contribution in [3.8, 4) is 22.6 Å². The molecule has 5 rings (SSSR count). The van der Waals surface area contributed by atoms with Gasteiger partial charge in [-0.1, -0.05) is 35.9 Å². The topological polar surface area (TPSA) is 67.9 Å². The average molecular weight is 479 g/mol. The minimum atomic E-state index is -0.630. The third-order valence-corrected chi connectivity index (χ3v) is 6.56. The summed E-state index contributed by atoms with van der Waals surface area (Å²) < 4.78 is 11.5. The Kier molecular flexibility index (Phi) is 5.74. The zero-order valence-electron chi connectivity index (χ0n) is 19.5. The number of anilines is 1. The van der Waals surface area contributed by atoms with Crippen LogP contribution in [-0.2, 0) is 9.59 Å². The highest BCUT2D eigenvalue weighted by atomic mass is 35.5. The molecule has 3 aromatic rings. The Bertz CT molecular complexity index is 1290. The Morgan fingerprint density at radius 1 is 1.15 bits per heavy atom. The fourth-order valence-corrected chi connectivity index (χ4v) is 4.45. The van der Waals surface area contributed by atoms with Crippen LogP contribution >= 0.6 is 11.6 Å². The van der Waals surface area contributed by atoms with E-state index in [1.807, 2.05) is 63.2 Å². The molecule has 0 saturated carbocycles. The number of rotatable bonds is 4. The molecule has 1 amide bonds. The van der Waals surface area contributed by atoms with Gasteiger partial charge in [0, 0.05) is 31.1 Å². The van der Waals surface area contributed by atoms with E-state index in [0.717, 1.165) is 35.0 Å². The Morgan fingerprint density at radius 2 is 1.91 bits per heavy atom. The van der Waals surface area contributed by atoms with Gasteiger partial charge in [0.2, 0.25) is 0 Å². The van der Waals surface area contributed by atoms with Gasteiger partial charge in [0.05, 0.1) is 16.1 Å². The van der Waals surface area contributed by atoms with E-state index in [1.54, 1.807) is 11.0 Å². The number of hydrogen-bond donors (Lipinski definition) is 1. The summed E-state index contributed by atoms with van der Waals surface area (Å²) in [6, 6.07) is 15.3. The van der Waals surface area contributed by atoms with Gasteiger partial charge in [-0.2, -0.15) is 0 Å².